The first-order valence-corrected chi connectivity index (χ1v) is 7.44. The summed E-state index contributed by atoms with van der Waals surface area (Å²) < 4.78 is 7.33. The van der Waals surface area contributed by atoms with Crippen molar-refractivity contribution in [1.82, 2.24) is 19.6 Å². The second-order valence-corrected chi connectivity index (χ2v) is 6.37. The summed E-state index contributed by atoms with van der Waals surface area (Å²) in [6.45, 7) is 7.63. The van der Waals surface area contributed by atoms with Gasteiger partial charge in [0.15, 0.2) is 0 Å². The van der Waals surface area contributed by atoms with Gasteiger partial charge >= 0.3 is 0 Å². The molecule has 0 bridgehead atoms. The summed E-state index contributed by atoms with van der Waals surface area (Å²) in [6.07, 6.45) is 0. The Morgan fingerprint density at radius 1 is 1.13 bits per heavy atom. The van der Waals surface area contributed by atoms with Gasteiger partial charge in [0, 0.05) is 17.3 Å². The van der Waals surface area contributed by atoms with Gasteiger partial charge < -0.3 is 4.74 Å². The minimum absolute atomic E-state index is 0.242. The topological polar surface area (TPSA) is 69.4 Å². The second kappa shape index (κ2) is 4.38. The van der Waals surface area contributed by atoms with Gasteiger partial charge in [-0.3, -0.25) is 4.79 Å². The smallest absolute Gasteiger partial charge is 0.275 e. The van der Waals surface area contributed by atoms with Gasteiger partial charge in [0.25, 0.3) is 11.3 Å². The highest BCUT2D eigenvalue weighted by atomic mass is 16.5. The van der Waals surface area contributed by atoms with E-state index in [0.29, 0.717) is 22.9 Å². The summed E-state index contributed by atoms with van der Waals surface area (Å²) in [5.74, 6) is 1.08. The number of aromatic nitrogens is 4. The molecule has 0 spiro atoms. The van der Waals surface area contributed by atoms with Crippen LogP contribution < -0.4 is 10.3 Å². The van der Waals surface area contributed by atoms with E-state index in [4.69, 9.17) is 4.74 Å². The van der Waals surface area contributed by atoms with Crippen molar-refractivity contribution >= 4 is 5.78 Å². The van der Waals surface area contributed by atoms with Crippen molar-refractivity contribution in [3.63, 3.8) is 0 Å². The molecule has 0 amide bonds. The van der Waals surface area contributed by atoms with E-state index in [9.17, 15) is 4.79 Å². The van der Waals surface area contributed by atoms with Gasteiger partial charge in [0.1, 0.15) is 22.7 Å². The molecular weight excluding hydrogens is 292 g/mol. The molecular formula is C17H16N4O2. The Balaban J connectivity index is 2.13. The normalized spacial score (nSPS) is 15.0. The lowest BCUT2D eigenvalue weighted by molar-refractivity contribution is 0.0982. The van der Waals surface area contributed by atoms with Crippen LogP contribution in [0.1, 0.15) is 30.8 Å². The maximum Gasteiger partial charge on any atom is 0.275 e. The molecule has 3 heterocycles. The number of nitrogens with zero attached hydrogens (tertiary/aromatic N) is 4. The number of fused-ring (bicyclic) bond motifs is 4. The lowest BCUT2D eigenvalue weighted by atomic mass is 9.94. The minimum atomic E-state index is -0.679. The number of ether oxygens (including phenoxy) is 1. The Morgan fingerprint density at radius 3 is 2.70 bits per heavy atom. The first-order valence-electron chi connectivity index (χ1n) is 7.44. The van der Waals surface area contributed by atoms with Crippen molar-refractivity contribution in [3.8, 4) is 17.0 Å². The van der Waals surface area contributed by atoms with Crippen molar-refractivity contribution in [3.05, 3.63) is 51.6 Å². The molecule has 0 radical (unpaired) electrons. The van der Waals surface area contributed by atoms with Crippen LogP contribution in [0.3, 0.4) is 0 Å². The van der Waals surface area contributed by atoms with E-state index >= 15 is 0 Å². The average Bonchev–Trinajstić information content (AvgIpc) is 2.44. The molecule has 2 aromatic heterocycles. The van der Waals surface area contributed by atoms with Crippen LogP contribution in [0.5, 0.6) is 5.75 Å². The third kappa shape index (κ3) is 2.02. The second-order valence-electron chi connectivity index (χ2n) is 6.37. The zero-order valence-electron chi connectivity index (χ0n) is 13.4. The SMILES string of the molecule is Cc1ccc2c(c1)OC(C)(C)c1nn3c(=O)cc(C)nc3nc1-2. The first-order chi connectivity index (χ1) is 10.8. The maximum absolute atomic E-state index is 12.2. The molecule has 0 unspecified atom stereocenters. The van der Waals surface area contributed by atoms with E-state index in [0.717, 1.165) is 16.9 Å². The van der Waals surface area contributed by atoms with Crippen molar-refractivity contribution in [2.24, 2.45) is 0 Å². The van der Waals surface area contributed by atoms with Gasteiger partial charge in [-0.05, 0) is 45.4 Å². The Morgan fingerprint density at radius 2 is 1.91 bits per heavy atom. The highest BCUT2D eigenvalue weighted by Gasteiger charge is 2.36. The zero-order valence-corrected chi connectivity index (χ0v) is 13.4. The third-order valence-corrected chi connectivity index (χ3v) is 3.97. The van der Waals surface area contributed by atoms with E-state index < -0.39 is 5.60 Å². The number of rotatable bonds is 0. The molecule has 6 nitrogen and oxygen atoms in total. The molecule has 0 N–H and O–H groups in total. The number of benzene rings is 1. The predicted molar refractivity (Wildman–Crippen MR) is 85.6 cm³/mol. The van der Waals surface area contributed by atoms with Gasteiger partial charge in [-0.2, -0.15) is 9.61 Å². The standard InChI is InChI=1S/C17H16N4O2/c1-9-5-6-11-12(7-9)23-17(3,4)15-14(11)19-16-18-10(2)8-13(22)21(16)20-15/h5-8H,1-4H3. The third-order valence-electron chi connectivity index (χ3n) is 3.97. The Labute approximate surface area is 132 Å². The van der Waals surface area contributed by atoms with E-state index in [-0.39, 0.29) is 5.56 Å². The molecule has 4 rings (SSSR count). The van der Waals surface area contributed by atoms with Gasteiger partial charge in [0.05, 0.1) is 0 Å². The van der Waals surface area contributed by atoms with Crippen LogP contribution >= 0.6 is 0 Å². The predicted octanol–water partition coefficient (Wildman–Crippen LogP) is 2.40. The van der Waals surface area contributed by atoms with Crippen LogP contribution in [0, 0.1) is 13.8 Å². The van der Waals surface area contributed by atoms with E-state index in [1.54, 1.807) is 6.92 Å². The fraction of sp³-hybridized carbons (Fsp3) is 0.294. The van der Waals surface area contributed by atoms with Gasteiger partial charge in [-0.1, -0.05) is 6.07 Å². The van der Waals surface area contributed by atoms with Crippen LogP contribution in [0.15, 0.2) is 29.1 Å². The first kappa shape index (κ1) is 13.9. The lowest BCUT2D eigenvalue weighted by Gasteiger charge is -2.33. The van der Waals surface area contributed by atoms with E-state index in [1.807, 2.05) is 39.0 Å². The van der Waals surface area contributed by atoms with Crippen LogP contribution in [0.4, 0.5) is 0 Å². The summed E-state index contributed by atoms with van der Waals surface area (Å²) in [5, 5.41) is 4.48. The Hall–Kier alpha value is -2.76. The average molecular weight is 308 g/mol. The van der Waals surface area contributed by atoms with Gasteiger partial charge in [-0.25, -0.2) is 9.97 Å². The molecule has 23 heavy (non-hydrogen) atoms. The molecule has 1 aliphatic rings. The molecule has 1 aliphatic heterocycles. The lowest BCUT2D eigenvalue weighted by Crippen LogP contribution is -2.34. The fourth-order valence-electron chi connectivity index (χ4n) is 2.87. The Kier molecular flexibility index (Phi) is 2.64. The highest BCUT2D eigenvalue weighted by Crippen LogP contribution is 2.43. The highest BCUT2D eigenvalue weighted by molar-refractivity contribution is 5.73. The maximum atomic E-state index is 12.2. The monoisotopic (exact) mass is 308 g/mol. The quantitative estimate of drug-likeness (QED) is 0.638. The molecule has 0 aliphatic carbocycles. The van der Waals surface area contributed by atoms with E-state index in [1.165, 1.54) is 10.6 Å². The number of hydrogen-bond donors (Lipinski definition) is 0. The van der Waals surface area contributed by atoms with Crippen molar-refractivity contribution in [1.29, 1.82) is 0 Å². The summed E-state index contributed by atoms with van der Waals surface area (Å²) in [4.78, 5) is 21.1. The number of hydrogen-bond acceptors (Lipinski definition) is 5. The van der Waals surface area contributed by atoms with Crippen molar-refractivity contribution in [2.45, 2.75) is 33.3 Å². The molecule has 0 atom stereocenters. The summed E-state index contributed by atoms with van der Waals surface area (Å²) in [6, 6.07) is 7.41. The molecule has 3 aromatic rings. The summed E-state index contributed by atoms with van der Waals surface area (Å²) in [5.41, 5.74) is 3.04. The van der Waals surface area contributed by atoms with Crippen LogP contribution in [0.2, 0.25) is 0 Å². The summed E-state index contributed by atoms with van der Waals surface area (Å²) in [7, 11) is 0. The molecule has 0 fully saturated rings. The van der Waals surface area contributed by atoms with Crippen LogP contribution in [0.25, 0.3) is 17.0 Å². The molecule has 6 heteroatoms. The van der Waals surface area contributed by atoms with Gasteiger partial charge in [0.2, 0.25) is 0 Å². The molecule has 0 saturated heterocycles. The van der Waals surface area contributed by atoms with Crippen molar-refractivity contribution in [2.75, 3.05) is 0 Å². The van der Waals surface area contributed by atoms with Crippen LogP contribution in [-0.4, -0.2) is 19.6 Å². The molecule has 0 saturated carbocycles. The molecule has 116 valence electrons. The zero-order chi connectivity index (χ0) is 16.4. The largest absolute Gasteiger partial charge is 0.481 e. The fourth-order valence-corrected chi connectivity index (χ4v) is 2.87. The molecule has 1 aromatic carbocycles. The summed E-state index contributed by atoms with van der Waals surface area (Å²) >= 11 is 0. The van der Waals surface area contributed by atoms with E-state index in [2.05, 4.69) is 15.1 Å². The Bertz CT molecular complexity index is 1020. The number of aryl methyl sites for hydroxylation is 2. The van der Waals surface area contributed by atoms with Gasteiger partial charge in [-0.15, -0.1) is 0 Å². The van der Waals surface area contributed by atoms with Crippen LogP contribution in [-0.2, 0) is 5.60 Å². The minimum Gasteiger partial charge on any atom is -0.481 e. The van der Waals surface area contributed by atoms with Crippen molar-refractivity contribution < 1.29 is 4.74 Å².